The molecule has 52 valence electrons. The average molecular weight is 161 g/mol. The Morgan fingerprint density at radius 1 is 1.27 bits per heavy atom. The topological polar surface area (TPSA) is 23.8 Å². The molecule has 0 saturated heterocycles. The number of thiophene rings is 1. The zero-order valence-electron chi connectivity index (χ0n) is 5.74. The van der Waals surface area contributed by atoms with Gasteiger partial charge in [0, 0.05) is 15.5 Å². The first kappa shape index (κ1) is 6.38. The maximum atomic E-state index is 8.68. The molecule has 0 radical (unpaired) electrons. The lowest BCUT2D eigenvalue weighted by Gasteiger charge is -1.85. The van der Waals surface area contributed by atoms with Gasteiger partial charge in [0.2, 0.25) is 0 Å². The average Bonchev–Trinajstić information content (AvgIpc) is 2.47. The van der Waals surface area contributed by atoms with Crippen LogP contribution in [0.1, 0.15) is 5.56 Å². The van der Waals surface area contributed by atoms with Gasteiger partial charge in [-0.05, 0) is 6.07 Å². The minimum Gasteiger partial charge on any atom is -0.192 e. The van der Waals surface area contributed by atoms with E-state index in [1.807, 2.05) is 29.6 Å². The lowest BCUT2D eigenvalue weighted by atomic mass is 10.2. The Kier molecular flexibility index (Phi) is 1.38. The Hall–Kier alpha value is -1.33. The monoisotopic (exact) mass is 161 g/mol. The van der Waals surface area contributed by atoms with Crippen molar-refractivity contribution in [1.29, 1.82) is 5.26 Å². The highest BCUT2D eigenvalue weighted by atomic mass is 32.1. The first-order valence-corrected chi connectivity index (χ1v) is 4.16. The third-order valence-electron chi connectivity index (χ3n) is 1.60. The molecule has 2 rings (SSSR count). The second-order valence-corrected chi connectivity index (χ2v) is 3.17. The molecule has 1 aromatic carbocycles. The lowest BCUT2D eigenvalue weighted by molar-refractivity contribution is 1.52. The van der Waals surface area contributed by atoms with E-state index in [0.717, 1.165) is 10.9 Å². The SMILES string of the molecule is N#[14C]c1csc2ccccc12. The Morgan fingerprint density at radius 3 is 2.91 bits per heavy atom. The van der Waals surface area contributed by atoms with Crippen LogP contribution >= 0.6 is 11.3 Å². The van der Waals surface area contributed by atoms with Crippen LogP contribution in [0.15, 0.2) is 29.6 Å². The summed E-state index contributed by atoms with van der Waals surface area (Å²) in [4.78, 5) is 0. The van der Waals surface area contributed by atoms with Gasteiger partial charge in [-0.1, -0.05) is 18.2 Å². The normalized spacial score (nSPS) is 9.73. The molecule has 0 aliphatic rings. The summed E-state index contributed by atoms with van der Waals surface area (Å²) in [7, 11) is 0. The zero-order chi connectivity index (χ0) is 7.68. The summed E-state index contributed by atoms with van der Waals surface area (Å²) in [6.45, 7) is 0. The molecule has 11 heavy (non-hydrogen) atoms. The number of rotatable bonds is 0. The first-order chi connectivity index (χ1) is 5.42. The second-order valence-electron chi connectivity index (χ2n) is 2.26. The van der Waals surface area contributed by atoms with Gasteiger partial charge < -0.3 is 0 Å². The fourth-order valence-electron chi connectivity index (χ4n) is 1.06. The number of hydrogen-bond acceptors (Lipinski definition) is 2. The summed E-state index contributed by atoms with van der Waals surface area (Å²) in [5.74, 6) is 0. The van der Waals surface area contributed by atoms with Crippen molar-refractivity contribution in [1.82, 2.24) is 0 Å². The predicted octanol–water partition coefficient (Wildman–Crippen LogP) is 2.77. The van der Waals surface area contributed by atoms with Gasteiger partial charge in [0.1, 0.15) is 6.07 Å². The standard InChI is InChI=1S/C9H5NS/c10-5-7-6-11-9-4-2-1-3-8(7)9/h1-4,6H/i5+2. The maximum absolute atomic E-state index is 8.68. The fourth-order valence-corrected chi connectivity index (χ4v) is 1.95. The van der Waals surface area contributed by atoms with Crippen molar-refractivity contribution in [2.24, 2.45) is 0 Å². The van der Waals surface area contributed by atoms with E-state index in [0.29, 0.717) is 0 Å². The van der Waals surface area contributed by atoms with Gasteiger partial charge in [-0.2, -0.15) is 5.26 Å². The Labute approximate surface area is 68.5 Å². The third-order valence-corrected chi connectivity index (χ3v) is 2.56. The van der Waals surface area contributed by atoms with Crippen LogP contribution in [-0.4, -0.2) is 0 Å². The molecule has 2 aromatic rings. The summed E-state index contributed by atoms with van der Waals surface area (Å²) < 4.78 is 1.18. The summed E-state index contributed by atoms with van der Waals surface area (Å²) in [5.41, 5.74) is 0.783. The second kappa shape index (κ2) is 2.37. The summed E-state index contributed by atoms with van der Waals surface area (Å²) in [6, 6.07) is 10.1. The Bertz CT molecular complexity index is 422. The van der Waals surface area contributed by atoms with Gasteiger partial charge in [-0.25, -0.2) is 0 Å². The van der Waals surface area contributed by atoms with Gasteiger partial charge in [0.05, 0.1) is 5.56 Å². The molecular weight excluding hydrogens is 156 g/mol. The highest BCUT2D eigenvalue weighted by Gasteiger charge is 1.99. The molecule has 0 unspecified atom stereocenters. The van der Waals surface area contributed by atoms with Crippen LogP contribution < -0.4 is 0 Å². The van der Waals surface area contributed by atoms with Crippen LogP contribution in [0.3, 0.4) is 0 Å². The summed E-state index contributed by atoms with van der Waals surface area (Å²) >= 11 is 1.62. The Balaban J connectivity index is 2.89. The molecular formula is C9H5NS. The van der Waals surface area contributed by atoms with Crippen molar-refractivity contribution in [2.45, 2.75) is 0 Å². The van der Waals surface area contributed by atoms with Crippen LogP contribution in [0.25, 0.3) is 10.1 Å². The molecule has 0 amide bonds. The molecule has 0 bridgehead atoms. The van der Waals surface area contributed by atoms with Gasteiger partial charge in [-0.3, -0.25) is 0 Å². The van der Waals surface area contributed by atoms with E-state index in [1.165, 1.54) is 4.70 Å². The van der Waals surface area contributed by atoms with Crippen molar-refractivity contribution in [3.63, 3.8) is 0 Å². The van der Waals surface area contributed by atoms with E-state index in [1.54, 1.807) is 11.3 Å². The quantitative estimate of drug-likeness (QED) is 0.582. The van der Waals surface area contributed by atoms with Gasteiger partial charge in [0.25, 0.3) is 0 Å². The van der Waals surface area contributed by atoms with Crippen molar-refractivity contribution in [3.05, 3.63) is 35.2 Å². The molecule has 0 fully saturated rings. The highest BCUT2D eigenvalue weighted by molar-refractivity contribution is 7.17. The van der Waals surface area contributed by atoms with Gasteiger partial charge in [-0.15, -0.1) is 11.3 Å². The van der Waals surface area contributed by atoms with Crippen LogP contribution in [0.4, 0.5) is 0 Å². The smallest absolute Gasteiger partial charge is 0.101 e. The van der Waals surface area contributed by atoms with E-state index in [4.69, 9.17) is 5.26 Å². The number of hydrogen-bond donors (Lipinski definition) is 0. The van der Waals surface area contributed by atoms with Crippen molar-refractivity contribution >= 4 is 21.4 Å². The van der Waals surface area contributed by atoms with Crippen LogP contribution in [0.2, 0.25) is 0 Å². The van der Waals surface area contributed by atoms with Gasteiger partial charge in [0.15, 0.2) is 0 Å². The van der Waals surface area contributed by atoms with Crippen LogP contribution in [0, 0.1) is 11.3 Å². The molecule has 0 spiro atoms. The maximum Gasteiger partial charge on any atom is 0.101 e. The molecule has 0 saturated carbocycles. The minimum atomic E-state index is 0.783. The molecule has 2 heteroatoms. The van der Waals surface area contributed by atoms with Crippen molar-refractivity contribution < 1.29 is 0 Å². The van der Waals surface area contributed by atoms with E-state index in [9.17, 15) is 0 Å². The number of fused-ring (bicyclic) bond motifs is 1. The number of nitrogens with zero attached hydrogens (tertiary/aromatic N) is 1. The molecule has 0 N–H and O–H groups in total. The van der Waals surface area contributed by atoms with E-state index >= 15 is 0 Å². The highest BCUT2D eigenvalue weighted by Crippen LogP contribution is 2.24. The Morgan fingerprint density at radius 2 is 2.09 bits per heavy atom. The lowest BCUT2D eigenvalue weighted by Crippen LogP contribution is -1.66. The van der Waals surface area contributed by atoms with Crippen molar-refractivity contribution in [2.75, 3.05) is 0 Å². The summed E-state index contributed by atoms with van der Waals surface area (Å²) in [6.07, 6.45) is 0. The number of nitriles is 1. The minimum absolute atomic E-state index is 0.783. The largest absolute Gasteiger partial charge is 0.192 e. The summed E-state index contributed by atoms with van der Waals surface area (Å²) in [5, 5.41) is 11.6. The van der Waals surface area contributed by atoms with Crippen molar-refractivity contribution in [3.8, 4) is 6.07 Å². The molecule has 0 aliphatic carbocycles. The fraction of sp³-hybridized carbons (Fsp3) is 0. The molecule has 1 heterocycles. The first-order valence-electron chi connectivity index (χ1n) is 3.28. The molecule has 1 nitrogen and oxygen atoms in total. The molecule has 1 aromatic heterocycles. The van der Waals surface area contributed by atoms with E-state index < -0.39 is 0 Å². The van der Waals surface area contributed by atoms with Crippen LogP contribution in [0.5, 0.6) is 0 Å². The van der Waals surface area contributed by atoms with E-state index in [-0.39, 0.29) is 0 Å². The number of benzene rings is 1. The van der Waals surface area contributed by atoms with Gasteiger partial charge >= 0.3 is 0 Å². The zero-order valence-corrected chi connectivity index (χ0v) is 6.56. The third kappa shape index (κ3) is 0.903. The predicted molar refractivity (Wildman–Crippen MR) is 46.5 cm³/mol. The van der Waals surface area contributed by atoms with Crippen LogP contribution in [-0.2, 0) is 0 Å². The molecule has 0 atom stereocenters. The van der Waals surface area contributed by atoms with E-state index in [2.05, 4.69) is 6.07 Å². The molecule has 0 aliphatic heterocycles.